The number of methoxy groups -OCH3 is 1. The molecule has 0 amide bonds. The maximum absolute atomic E-state index is 13.8. The van der Waals surface area contributed by atoms with Crippen LogP contribution in [0.1, 0.15) is 70.4 Å². The zero-order chi connectivity index (χ0) is 27.4. The van der Waals surface area contributed by atoms with Gasteiger partial charge in [-0.2, -0.15) is 0 Å². The Morgan fingerprint density at radius 3 is 2.18 bits per heavy atom. The summed E-state index contributed by atoms with van der Waals surface area (Å²) in [6, 6.07) is 16.2. The second-order valence-corrected chi connectivity index (χ2v) is 10.7. The number of ketones is 1. The van der Waals surface area contributed by atoms with Crippen LogP contribution in [0.15, 0.2) is 64.8 Å². The molecule has 38 heavy (non-hydrogen) atoms. The van der Waals surface area contributed by atoms with Crippen molar-refractivity contribution in [3.05, 3.63) is 70.9 Å². The van der Waals surface area contributed by atoms with Crippen LogP contribution < -0.4 is 9.64 Å². The highest BCUT2D eigenvalue weighted by Crippen LogP contribution is 2.46. The van der Waals surface area contributed by atoms with Crippen molar-refractivity contribution in [2.75, 3.05) is 31.7 Å². The number of ether oxygens (including phenoxy) is 2. The van der Waals surface area contributed by atoms with Crippen LogP contribution in [0.5, 0.6) is 5.75 Å². The van der Waals surface area contributed by atoms with Gasteiger partial charge in [-0.15, -0.1) is 0 Å². The molecule has 0 radical (unpaired) electrons. The Kier molecular flexibility index (Phi) is 8.70. The number of carbonyl (C=O) groups is 2. The van der Waals surface area contributed by atoms with E-state index in [1.807, 2.05) is 45.0 Å². The van der Waals surface area contributed by atoms with Gasteiger partial charge in [0.1, 0.15) is 11.5 Å². The van der Waals surface area contributed by atoms with E-state index in [2.05, 4.69) is 43.0 Å². The van der Waals surface area contributed by atoms with Gasteiger partial charge in [0.15, 0.2) is 0 Å². The Hall–Kier alpha value is -3.41. The molecule has 3 atom stereocenters. The molecule has 6 heteroatoms. The van der Waals surface area contributed by atoms with Gasteiger partial charge < -0.3 is 14.4 Å². The third-order valence-corrected chi connectivity index (χ3v) is 7.69. The molecule has 0 aromatic heterocycles. The summed E-state index contributed by atoms with van der Waals surface area (Å²) >= 11 is 0. The Morgan fingerprint density at radius 2 is 1.61 bits per heavy atom. The van der Waals surface area contributed by atoms with Gasteiger partial charge in [0.2, 0.25) is 0 Å². The minimum atomic E-state index is -0.464. The van der Waals surface area contributed by atoms with E-state index < -0.39 is 11.8 Å². The normalized spacial score (nSPS) is 21.2. The molecule has 2 aliphatic rings. The number of hydrogen-bond donors (Lipinski definition) is 0. The first-order valence-electron chi connectivity index (χ1n) is 13.7. The van der Waals surface area contributed by atoms with Crippen molar-refractivity contribution in [1.82, 2.24) is 0 Å². The highest BCUT2D eigenvalue weighted by molar-refractivity contribution is 6.12. The van der Waals surface area contributed by atoms with Crippen LogP contribution in [0.3, 0.4) is 0 Å². The van der Waals surface area contributed by atoms with Crippen molar-refractivity contribution in [3.8, 4) is 5.75 Å². The Balaban J connectivity index is 1.73. The van der Waals surface area contributed by atoms with E-state index in [1.54, 1.807) is 7.11 Å². The fourth-order valence-electron chi connectivity index (χ4n) is 5.71. The van der Waals surface area contributed by atoms with E-state index in [4.69, 9.17) is 14.5 Å². The van der Waals surface area contributed by atoms with Gasteiger partial charge in [-0.3, -0.25) is 9.79 Å². The highest BCUT2D eigenvalue weighted by atomic mass is 16.5. The standard InChI is InChI=1S/C32H40N2O4/c1-7-34(8-2)25-13-9-23(10-14-25)30-29(32(36)38-19-20(3)4)21(5)33-27-17-24(18-28(35)31(27)30)22-11-15-26(37-6)16-12-22/h9-16,20,24,30-31H,7-8,17-19H2,1-6H3/t24-,30-,31?/m0/s1. The van der Waals surface area contributed by atoms with Gasteiger partial charge in [0.25, 0.3) is 0 Å². The van der Waals surface area contributed by atoms with Gasteiger partial charge in [0, 0.05) is 42.5 Å². The molecular formula is C32H40N2O4. The molecule has 2 aromatic carbocycles. The Bertz CT molecular complexity index is 1210. The molecule has 1 aliphatic heterocycles. The third kappa shape index (κ3) is 5.69. The third-order valence-electron chi connectivity index (χ3n) is 7.69. The molecule has 1 aliphatic carbocycles. The average Bonchev–Trinajstić information content (AvgIpc) is 2.92. The summed E-state index contributed by atoms with van der Waals surface area (Å²) in [7, 11) is 1.65. The molecule has 1 heterocycles. The maximum atomic E-state index is 13.8. The summed E-state index contributed by atoms with van der Waals surface area (Å²) in [6.07, 6.45) is 1.10. The summed E-state index contributed by atoms with van der Waals surface area (Å²) < 4.78 is 11.0. The lowest BCUT2D eigenvalue weighted by atomic mass is 9.66. The SMILES string of the molecule is CCN(CC)c1ccc([C@H]2C(C(=O)OCC(C)C)=C(C)N=C3C[C@H](c4ccc(OC)cc4)CC(=O)C32)cc1. The number of anilines is 1. The van der Waals surface area contributed by atoms with Crippen LogP contribution in [-0.4, -0.2) is 44.3 Å². The van der Waals surface area contributed by atoms with Gasteiger partial charge in [-0.25, -0.2) is 4.79 Å². The van der Waals surface area contributed by atoms with Crippen LogP contribution in [0.25, 0.3) is 0 Å². The molecule has 4 rings (SSSR count). The highest BCUT2D eigenvalue weighted by Gasteiger charge is 2.46. The van der Waals surface area contributed by atoms with Crippen molar-refractivity contribution in [2.45, 2.75) is 59.3 Å². The molecule has 0 N–H and O–H groups in total. The van der Waals surface area contributed by atoms with Crippen LogP contribution in [-0.2, 0) is 14.3 Å². The summed E-state index contributed by atoms with van der Waals surface area (Å²) in [5, 5.41) is 0. The van der Waals surface area contributed by atoms with Gasteiger partial charge >= 0.3 is 5.97 Å². The van der Waals surface area contributed by atoms with Crippen molar-refractivity contribution in [3.63, 3.8) is 0 Å². The second kappa shape index (κ2) is 12.0. The minimum absolute atomic E-state index is 0.0522. The number of fused-ring (bicyclic) bond motifs is 1. The van der Waals surface area contributed by atoms with Crippen molar-refractivity contribution in [1.29, 1.82) is 0 Å². The van der Waals surface area contributed by atoms with Gasteiger partial charge in [0.05, 0.1) is 25.2 Å². The predicted molar refractivity (Wildman–Crippen MR) is 152 cm³/mol. The number of hydrogen-bond acceptors (Lipinski definition) is 6. The van der Waals surface area contributed by atoms with Crippen LogP contribution in [0.4, 0.5) is 5.69 Å². The van der Waals surface area contributed by atoms with Crippen LogP contribution >= 0.6 is 0 Å². The van der Waals surface area contributed by atoms with E-state index in [0.717, 1.165) is 41.4 Å². The summed E-state index contributed by atoms with van der Waals surface area (Å²) in [5.41, 5.74) is 5.19. The van der Waals surface area contributed by atoms with E-state index in [9.17, 15) is 9.59 Å². The quantitative estimate of drug-likeness (QED) is 0.365. The lowest BCUT2D eigenvalue weighted by Gasteiger charge is -2.38. The lowest BCUT2D eigenvalue weighted by molar-refractivity contribution is -0.140. The zero-order valence-electron chi connectivity index (χ0n) is 23.5. The smallest absolute Gasteiger partial charge is 0.336 e. The summed E-state index contributed by atoms with van der Waals surface area (Å²) in [4.78, 5) is 34.4. The molecule has 0 saturated heterocycles. The first kappa shape index (κ1) is 27.6. The summed E-state index contributed by atoms with van der Waals surface area (Å²) in [6.45, 7) is 12.3. The monoisotopic (exact) mass is 516 g/mol. The molecular weight excluding hydrogens is 476 g/mol. The number of esters is 1. The Morgan fingerprint density at radius 1 is 0.974 bits per heavy atom. The topological polar surface area (TPSA) is 68.2 Å². The van der Waals surface area contributed by atoms with Crippen molar-refractivity contribution < 1.29 is 19.1 Å². The molecule has 2 aromatic rings. The first-order valence-corrected chi connectivity index (χ1v) is 13.7. The number of aliphatic imine (C=N–C) groups is 1. The zero-order valence-corrected chi connectivity index (χ0v) is 23.5. The van der Waals surface area contributed by atoms with E-state index in [1.165, 1.54) is 0 Å². The first-order chi connectivity index (χ1) is 18.3. The fourth-order valence-corrected chi connectivity index (χ4v) is 5.71. The second-order valence-electron chi connectivity index (χ2n) is 10.7. The van der Waals surface area contributed by atoms with Gasteiger partial charge in [-0.1, -0.05) is 38.1 Å². The minimum Gasteiger partial charge on any atom is -0.497 e. The molecule has 1 saturated carbocycles. The number of nitrogens with zero attached hydrogens (tertiary/aromatic N) is 2. The molecule has 0 bridgehead atoms. The van der Waals surface area contributed by atoms with E-state index in [-0.39, 0.29) is 23.6 Å². The lowest BCUT2D eigenvalue weighted by Crippen LogP contribution is -2.41. The van der Waals surface area contributed by atoms with Crippen LogP contribution in [0.2, 0.25) is 0 Å². The number of allylic oxidation sites excluding steroid dienone is 1. The van der Waals surface area contributed by atoms with Crippen molar-refractivity contribution in [2.24, 2.45) is 16.8 Å². The number of Topliss-reactive ketones (excluding diaryl/α,β-unsaturated/α-hetero) is 1. The molecule has 1 unspecified atom stereocenters. The maximum Gasteiger partial charge on any atom is 0.336 e. The summed E-state index contributed by atoms with van der Waals surface area (Å²) in [5.74, 6) is -0.0592. The number of benzene rings is 2. The largest absolute Gasteiger partial charge is 0.497 e. The van der Waals surface area contributed by atoms with E-state index >= 15 is 0 Å². The van der Waals surface area contributed by atoms with Crippen molar-refractivity contribution >= 4 is 23.2 Å². The number of carbonyl (C=O) groups excluding carboxylic acids is 2. The average molecular weight is 517 g/mol. The fraction of sp³-hybridized carbons (Fsp3) is 0.469. The predicted octanol–water partition coefficient (Wildman–Crippen LogP) is 6.32. The molecule has 202 valence electrons. The number of rotatable bonds is 9. The van der Waals surface area contributed by atoms with Crippen LogP contribution in [0, 0.1) is 11.8 Å². The molecule has 1 fully saturated rings. The molecule has 0 spiro atoms. The van der Waals surface area contributed by atoms with Gasteiger partial charge in [-0.05, 0) is 74.4 Å². The molecule has 6 nitrogen and oxygen atoms in total. The Labute approximate surface area is 226 Å². The van der Waals surface area contributed by atoms with E-state index in [0.29, 0.717) is 30.7 Å².